The van der Waals surface area contributed by atoms with E-state index < -0.39 is 11.7 Å². The lowest BCUT2D eigenvalue weighted by atomic mass is 10.1. The van der Waals surface area contributed by atoms with Gasteiger partial charge in [0.2, 0.25) is 11.9 Å². The number of anilines is 4. The fraction of sp³-hybridized carbons (Fsp3) is 0.192. The Bertz CT molecular complexity index is 1300. The molecule has 0 fully saturated rings. The quantitative estimate of drug-likeness (QED) is 0.165. The van der Waals surface area contributed by atoms with E-state index in [1.165, 1.54) is 42.8 Å². The highest BCUT2D eigenvalue weighted by Gasteiger charge is 2.14. The standard InChI is InChI=1S/C26H26ClFN6O3/c1-4-24(36)33(3)22-16-20(10-11-21(22)28)31-23-12-14-30-26(32-23)34(27)15-5-13-29-25(37)19-8-6-18(7-9-19)17(2)35/h4,6-12,14,16H,1,5,13,15H2,2-3H3,(H,29,37)(H,30,31,32). The van der Waals surface area contributed by atoms with E-state index in [0.29, 0.717) is 42.1 Å². The zero-order valence-corrected chi connectivity index (χ0v) is 21.1. The van der Waals surface area contributed by atoms with Crippen LogP contribution in [0.4, 0.5) is 27.5 Å². The number of rotatable bonds is 11. The van der Waals surface area contributed by atoms with Gasteiger partial charge in [-0.25, -0.2) is 9.37 Å². The molecule has 0 atom stereocenters. The second-order valence-electron chi connectivity index (χ2n) is 7.96. The second kappa shape index (κ2) is 12.6. The Kier molecular flexibility index (Phi) is 9.28. The van der Waals surface area contributed by atoms with Crippen LogP contribution in [0.5, 0.6) is 0 Å². The van der Waals surface area contributed by atoms with Gasteiger partial charge in [-0.15, -0.1) is 0 Å². The molecule has 0 bridgehead atoms. The number of hydrogen-bond donors (Lipinski definition) is 2. The van der Waals surface area contributed by atoms with E-state index in [4.69, 9.17) is 11.8 Å². The summed E-state index contributed by atoms with van der Waals surface area (Å²) in [6.07, 6.45) is 3.14. The van der Waals surface area contributed by atoms with Crippen LogP contribution in [-0.4, -0.2) is 47.7 Å². The molecule has 9 nitrogen and oxygen atoms in total. The number of Topliss-reactive ketones (excluding diaryl/α,β-unsaturated/α-hetero) is 1. The van der Waals surface area contributed by atoms with Crippen LogP contribution in [0, 0.1) is 5.82 Å². The number of nitrogens with one attached hydrogen (secondary N) is 2. The van der Waals surface area contributed by atoms with Crippen molar-refractivity contribution in [3.05, 3.63) is 84.3 Å². The van der Waals surface area contributed by atoms with Crippen molar-refractivity contribution in [3.8, 4) is 0 Å². The van der Waals surface area contributed by atoms with Crippen molar-refractivity contribution in [3.63, 3.8) is 0 Å². The first-order valence-corrected chi connectivity index (χ1v) is 11.7. The number of benzene rings is 2. The fourth-order valence-corrected chi connectivity index (χ4v) is 3.47. The van der Waals surface area contributed by atoms with E-state index in [9.17, 15) is 18.8 Å². The third-order valence-electron chi connectivity index (χ3n) is 5.32. The smallest absolute Gasteiger partial charge is 0.251 e. The van der Waals surface area contributed by atoms with Gasteiger partial charge in [-0.2, -0.15) is 4.98 Å². The number of likely N-dealkylation sites (N-methyl/N-ethyl adjacent to an activating group) is 1. The number of amides is 2. The number of carbonyl (C=O) groups is 3. The maximum atomic E-state index is 14.2. The monoisotopic (exact) mass is 524 g/mol. The van der Waals surface area contributed by atoms with E-state index in [0.717, 1.165) is 11.0 Å². The van der Waals surface area contributed by atoms with Crippen molar-refractivity contribution in [1.29, 1.82) is 0 Å². The number of hydrogen-bond acceptors (Lipinski definition) is 7. The fourth-order valence-electron chi connectivity index (χ4n) is 3.26. The predicted molar refractivity (Wildman–Crippen MR) is 142 cm³/mol. The normalized spacial score (nSPS) is 10.4. The van der Waals surface area contributed by atoms with Crippen LogP contribution in [0.3, 0.4) is 0 Å². The zero-order valence-electron chi connectivity index (χ0n) is 20.4. The molecule has 0 saturated heterocycles. The Hall–Kier alpha value is -4.31. The molecule has 2 amide bonds. The van der Waals surface area contributed by atoms with E-state index >= 15 is 0 Å². The molecule has 0 unspecified atom stereocenters. The molecule has 11 heteroatoms. The first kappa shape index (κ1) is 27.3. The largest absolute Gasteiger partial charge is 0.352 e. The Balaban J connectivity index is 1.55. The van der Waals surface area contributed by atoms with Crippen molar-refractivity contribution in [2.75, 3.05) is 34.8 Å². The lowest BCUT2D eigenvalue weighted by Crippen LogP contribution is -2.27. The van der Waals surface area contributed by atoms with Crippen LogP contribution >= 0.6 is 11.8 Å². The number of halogens is 2. The van der Waals surface area contributed by atoms with Crippen molar-refractivity contribution in [2.45, 2.75) is 13.3 Å². The van der Waals surface area contributed by atoms with Crippen LogP contribution in [0.1, 0.15) is 34.1 Å². The molecule has 0 aliphatic heterocycles. The molecule has 1 heterocycles. The van der Waals surface area contributed by atoms with Gasteiger partial charge in [-0.3, -0.25) is 18.8 Å². The molecule has 0 aliphatic rings. The average molecular weight is 525 g/mol. The summed E-state index contributed by atoms with van der Waals surface area (Å²) in [7, 11) is 1.45. The Morgan fingerprint density at radius 1 is 1.11 bits per heavy atom. The highest BCUT2D eigenvalue weighted by Crippen LogP contribution is 2.25. The molecule has 1 aromatic heterocycles. The third-order valence-corrected chi connectivity index (χ3v) is 5.64. The summed E-state index contributed by atoms with van der Waals surface area (Å²) in [4.78, 5) is 45.2. The van der Waals surface area contributed by atoms with Gasteiger partial charge in [-0.05, 0) is 55.8 Å². The summed E-state index contributed by atoms with van der Waals surface area (Å²) in [5.41, 5.74) is 1.59. The zero-order chi connectivity index (χ0) is 26.9. The number of nitrogens with zero attached hydrogens (tertiary/aromatic N) is 4. The topological polar surface area (TPSA) is 108 Å². The van der Waals surface area contributed by atoms with Crippen LogP contribution < -0.4 is 20.0 Å². The summed E-state index contributed by atoms with van der Waals surface area (Å²) >= 11 is 6.33. The van der Waals surface area contributed by atoms with Crippen LogP contribution in [-0.2, 0) is 4.79 Å². The summed E-state index contributed by atoms with van der Waals surface area (Å²) in [5, 5.41) is 5.85. The van der Waals surface area contributed by atoms with Gasteiger partial charge in [0.05, 0.1) is 5.69 Å². The van der Waals surface area contributed by atoms with Gasteiger partial charge in [0.25, 0.3) is 5.91 Å². The summed E-state index contributed by atoms with van der Waals surface area (Å²) in [5.74, 6) is -0.672. The molecule has 192 valence electrons. The molecule has 2 aromatic carbocycles. The van der Waals surface area contributed by atoms with Gasteiger partial charge in [0.1, 0.15) is 11.6 Å². The first-order valence-electron chi connectivity index (χ1n) is 11.3. The number of ketones is 1. The minimum atomic E-state index is -0.557. The molecular weight excluding hydrogens is 499 g/mol. The molecule has 0 saturated carbocycles. The van der Waals surface area contributed by atoms with Crippen LogP contribution in [0.15, 0.2) is 67.4 Å². The lowest BCUT2D eigenvalue weighted by Gasteiger charge is -2.18. The molecule has 0 radical (unpaired) electrons. The number of carbonyl (C=O) groups excluding carboxylic acids is 3. The SMILES string of the molecule is C=CC(=O)N(C)c1cc(Nc2ccnc(N(Cl)CCCNC(=O)c3ccc(C(C)=O)cc3)n2)ccc1F. The highest BCUT2D eigenvalue weighted by molar-refractivity contribution is 6.25. The maximum absolute atomic E-state index is 14.2. The van der Waals surface area contributed by atoms with Gasteiger partial charge >= 0.3 is 0 Å². The molecule has 0 aliphatic carbocycles. The minimum Gasteiger partial charge on any atom is -0.352 e. The first-order chi connectivity index (χ1) is 17.7. The summed E-state index contributed by atoms with van der Waals surface area (Å²) in [6, 6.07) is 12.3. The van der Waals surface area contributed by atoms with Crippen molar-refractivity contribution >= 4 is 52.5 Å². The molecule has 3 aromatic rings. The summed E-state index contributed by atoms with van der Waals surface area (Å²) in [6.45, 7) is 5.60. The summed E-state index contributed by atoms with van der Waals surface area (Å²) < 4.78 is 15.5. The number of aromatic nitrogens is 2. The third kappa shape index (κ3) is 7.34. The van der Waals surface area contributed by atoms with E-state index in [-0.39, 0.29) is 23.3 Å². The molecule has 0 spiro atoms. The van der Waals surface area contributed by atoms with Crippen LogP contribution in [0.25, 0.3) is 0 Å². The Morgan fingerprint density at radius 2 is 1.81 bits per heavy atom. The van der Waals surface area contributed by atoms with E-state index in [2.05, 4.69) is 27.2 Å². The Morgan fingerprint density at radius 3 is 2.49 bits per heavy atom. The second-order valence-corrected chi connectivity index (χ2v) is 8.37. The molecule has 3 rings (SSSR count). The van der Waals surface area contributed by atoms with Gasteiger partial charge < -0.3 is 15.5 Å². The van der Waals surface area contributed by atoms with Gasteiger partial charge in [0.15, 0.2) is 5.78 Å². The average Bonchev–Trinajstić information content (AvgIpc) is 2.91. The molecule has 2 N–H and O–H groups in total. The Labute approximate surface area is 219 Å². The van der Waals surface area contributed by atoms with E-state index in [1.54, 1.807) is 30.3 Å². The van der Waals surface area contributed by atoms with Crippen molar-refractivity contribution in [2.24, 2.45) is 0 Å². The van der Waals surface area contributed by atoms with E-state index in [1.807, 2.05) is 0 Å². The minimum absolute atomic E-state index is 0.0642. The maximum Gasteiger partial charge on any atom is 0.251 e. The predicted octanol–water partition coefficient (Wildman–Crippen LogP) is 4.49. The van der Waals surface area contributed by atoms with Crippen LogP contribution in [0.2, 0.25) is 0 Å². The van der Waals surface area contributed by atoms with Gasteiger partial charge in [0, 0.05) is 54.9 Å². The molecular formula is C26H26ClFN6O3. The van der Waals surface area contributed by atoms with Crippen molar-refractivity contribution in [1.82, 2.24) is 15.3 Å². The lowest BCUT2D eigenvalue weighted by molar-refractivity contribution is -0.113. The highest BCUT2D eigenvalue weighted by atomic mass is 35.5. The molecule has 37 heavy (non-hydrogen) atoms. The van der Waals surface area contributed by atoms with Crippen molar-refractivity contribution < 1.29 is 18.8 Å². The van der Waals surface area contributed by atoms with Gasteiger partial charge in [-0.1, -0.05) is 18.7 Å².